The Kier molecular flexibility index (Phi) is 3.62. The Bertz CT molecular complexity index is 433. The first kappa shape index (κ1) is 13.0. The van der Waals surface area contributed by atoms with Crippen LogP contribution in [0.3, 0.4) is 0 Å². The van der Waals surface area contributed by atoms with E-state index < -0.39 is 0 Å². The Balaban J connectivity index is 3.51. The van der Waals surface area contributed by atoms with Crippen LogP contribution in [0.15, 0.2) is 9.95 Å². The van der Waals surface area contributed by atoms with Crippen LogP contribution in [0.5, 0.6) is 0 Å². The van der Waals surface area contributed by atoms with Crippen LogP contribution in [-0.2, 0) is 5.41 Å². The van der Waals surface area contributed by atoms with Gasteiger partial charge in [0.2, 0.25) is 5.16 Å². The second-order valence-electron chi connectivity index (χ2n) is 4.75. The van der Waals surface area contributed by atoms with E-state index in [2.05, 4.69) is 10.2 Å². The van der Waals surface area contributed by atoms with Crippen molar-refractivity contribution in [2.75, 3.05) is 25.4 Å². The fraction of sp³-hybridized carbons (Fsp3) is 0.700. The summed E-state index contributed by atoms with van der Waals surface area (Å²) in [7, 11) is 3.63. The molecule has 90 valence electrons. The van der Waals surface area contributed by atoms with Gasteiger partial charge in [-0.3, -0.25) is 4.79 Å². The molecule has 0 aliphatic rings. The van der Waals surface area contributed by atoms with Crippen molar-refractivity contribution in [1.82, 2.24) is 14.9 Å². The number of hydrogen-bond acceptors (Lipinski definition) is 5. The van der Waals surface area contributed by atoms with Crippen LogP contribution in [0.2, 0.25) is 0 Å². The molecule has 1 rings (SSSR count). The number of aromatic nitrogens is 3. The SMILES string of the molecule is CSc1nnc(C(C)(C)C)c(=O)n1N(C)C. The first-order valence-corrected chi connectivity index (χ1v) is 6.23. The van der Waals surface area contributed by atoms with Crippen LogP contribution in [0, 0.1) is 0 Å². The normalized spacial score (nSPS) is 11.6. The van der Waals surface area contributed by atoms with E-state index in [1.54, 1.807) is 5.01 Å². The van der Waals surface area contributed by atoms with Gasteiger partial charge in [0, 0.05) is 19.5 Å². The van der Waals surface area contributed by atoms with Gasteiger partial charge < -0.3 is 5.01 Å². The molecule has 0 aromatic carbocycles. The molecule has 1 heterocycles. The Hall–Kier alpha value is -1.04. The lowest BCUT2D eigenvalue weighted by Gasteiger charge is -2.22. The molecule has 0 aliphatic heterocycles. The fourth-order valence-electron chi connectivity index (χ4n) is 1.32. The van der Waals surface area contributed by atoms with Crippen molar-refractivity contribution in [3.63, 3.8) is 0 Å². The van der Waals surface area contributed by atoms with Gasteiger partial charge >= 0.3 is 0 Å². The fourth-order valence-corrected chi connectivity index (χ4v) is 1.86. The molecule has 1 aromatic heterocycles. The molecule has 0 unspecified atom stereocenters. The van der Waals surface area contributed by atoms with Crippen LogP contribution in [0.4, 0.5) is 0 Å². The standard InChI is InChI=1S/C10H18N4OS/c1-10(2,3)7-8(15)14(13(4)5)9(16-6)12-11-7/h1-6H3. The Morgan fingerprint density at radius 2 is 1.81 bits per heavy atom. The number of nitrogens with zero attached hydrogens (tertiary/aromatic N) is 4. The van der Waals surface area contributed by atoms with Crippen molar-refractivity contribution in [3.05, 3.63) is 16.0 Å². The molecule has 5 nitrogen and oxygen atoms in total. The zero-order valence-electron chi connectivity index (χ0n) is 10.6. The lowest BCUT2D eigenvalue weighted by Crippen LogP contribution is -2.42. The molecule has 0 bridgehead atoms. The third-order valence-electron chi connectivity index (χ3n) is 2.10. The topological polar surface area (TPSA) is 51.0 Å². The summed E-state index contributed by atoms with van der Waals surface area (Å²) in [5.41, 5.74) is 0.0922. The summed E-state index contributed by atoms with van der Waals surface area (Å²) in [5, 5.41) is 10.4. The zero-order valence-corrected chi connectivity index (χ0v) is 11.4. The van der Waals surface area contributed by atoms with Crippen molar-refractivity contribution >= 4 is 11.8 Å². The quantitative estimate of drug-likeness (QED) is 0.720. The molecule has 0 atom stereocenters. The van der Waals surface area contributed by atoms with Crippen LogP contribution >= 0.6 is 11.8 Å². The highest BCUT2D eigenvalue weighted by Gasteiger charge is 2.23. The Labute approximate surface area is 99.8 Å². The maximum atomic E-state index is 12.2. The third-order valence-corrected chi connectivity index (χ3v) is 2.72. The smallest absolute Gasteiger partial charge is 0.295 e. The molecule has 16 heavy (non-hydrogen) atoms. The molecule has 0 amide bonds. The molecule has 0 N–H and O–H groups in total. The van der Waals surface area contributed by atoms with Gasteiger partial charge in [-0.05, 0) is 6.26 Å². The van der Waals surface area contributed by atoms with Gasteiger partial charge in [-0.1, -0.05) is 32.5 Å². The summed E-state index contributed by atoms with van der Waals surface area (Å²) in [6, 6.07) is 0. The zero-order chi connectivity index (χ0) is 12.5. The average Bonchev–Trinajstić information content (AvgIpc) is 2.14. The van der Waals surface area contributed by atoms with Gasteiger partial charge in [-0.25, -0.2) is 0 Å². The van der Waals surface area contributed by atoms with E-state index in [9.17, 15) is 4.79 Å². The van der Waals surface area contributed by atoms with E-state index in [0.717, 1.165) is 0 Å². The maximum Gasteiger partial charge on any atom is 0.295 e. The summed E-state index contributed by atoms with van der Waals surface area (Å²) < 4.78 is 1.54. The predicted molar refractivity (Wildman–Crippen MR) is 66.8 cm³/mol. The lowest BCUT2D eigenvalue weighted by atomic mass is 9.93. The highest BCUT2D eigenvalue weighted by Crippen LogP contribution is 2.17. The molecule has 0 saturated carbocycles. The van der Waals surface area contributed by atoms with E-state index in [1.807, 2.05) is 41.1 Å². The van der Waals surface area contributed by atoms with E-state index >= 15 is 0 Å². The van der Waals surface area contributed by atoms with Crippen molar-refractivity contribution < 1.29 is 0 Å². The minimum Gasteiger partial charge on any atom is -0.314 e. The van der Waals surface area contributed by atoms with Crippen molar-refractivity contribution in [2.24, 2.45) is 0 Å². The minimum absolute atomic E-state index is 0.100. The van der Waals surface area contributed by atoms with E-state index in [0.29, 0.717) is 10.9 Å². The summed E-state index contributed by atoms with van der Waals surface area (Å²) >= 11 is 1.40. The van der Waals surface area contributed by atoms with E-state index in [4.69, 9.17) is 0 Å². The summed E-state index contributed by atoms with van der Waals surface area (Å²) in [5.74, 6) is 0. The minimum atomic E-state index is -0.293. The highest BCUT2D eigenvalue weighted by atomic mass is 32.2. The molecular weight excluding hydrogens is 224 g/mol. The van der Waals surface area contributed by atoms with Crippen LogP contribution in [0.1, 0.15) is 26.5 Å². The summed E-state index contributed by atoms with van der Waals surface area (Å²) in [6.45, 7) is 5.87. The molecule has 0 saturated heterocycles. The second kappa shape index (κ2) is 4.45. The average molecular weight is 242 g/mol. The molecule has 0 aliphatic carbocycles. The molecule has 1 aromatic rings. The third kappa shape index (κ3) is 2.37. The van der Waals surface area contributed by atoms with Gasteiger partial charge in [0.15, 0.2) is 0 Å². The molecule has 6 heteroatoms. The van der Waals surface area contributed by atoms with Crippen molar-refractivity contribution in [2.45, 2.75) is 31.3 Å². The second-order valence-corrected chi connectivity index (χ2v) is 5.52. The van der Waals surface area contributed by atoms with E-state index in [-0.39, 0.29) is 11.0 Å². The van der Waals surface area contributed by atoms with Crippen molar-refractivity contribution in [1.29, 1.82) is 0 Å². The monoisotopic (exact) mass is 242 g/mol. The first-order valence-electron chi connectivity index (χ1n) is 5.01. The van der Waals surface area contributed by atoms with Crippen LogP contribution in [-0.4, -0.2) is 35.2 Å². The van der Waals surface area contributed by atoms with Crippen LogP contribution in [0.25, 0.3) is 0 Å². The van der Waals surface area contributed by atoms with Crippen molar-refractivity contribution in [3.8, 4) is 0 Å². The predicted octanol–water partition coefficient (Wildman–Crippen LogP) is 0.855. The lowest BCUT2D eigenvalue weighted by molar-refractivity contribution is 0.493. The largest absolute Gasteiger partial charge is 0.314 e. The van der Waals surface area contributed by atoms with Gasteiger partial charge in [-0.15, -0.1) is 10.2 Å². The Morgan fingerprint density at radius 3 is 2.19 bits per heavy atom. The number of rotatable bonds is 2. The molecule has 0 radical (unpaired) electrons. The Morgan fingerprint density at radius 1 is 1.25 bits per heavy atom. The van der Waals surface area contributed by atoms with Gasteiger partial charge in [0.25, 0.3) is 5.56 Å². The van der Waals surface area contributed by atoms with E-state index in [1.165, 1.54) is 16.4 Å². The number of hydrogen-bond donors (Lipinski definition) is 0. The van der Waals surface area contributed by atoms with Crippen LogP contribution < -0.4 is 10.6 Å². The van der Waals surface area contributed by atoms with Gasteiger partial charge in [0.1, 0.15) is 5.69 Å². The molecule has 0 spiro atoms. The molecular formula is C10H18N4OS. The first-order chi connectivity index (χ1) is 7.29. The highest BCUT2D eigenvalue weighted by molar-refractivity contribution is 7.98. The van der Waals surface area contributed by atoms with Gasteiger partial charge in [0.05, 0.1) is 0 Å². The molecule has 0 fully saturated rings. The number of thioether (sulfide) groups is 1. The summed E-state index contributed by atoms with van der Waals surface area (Å²) in [6.07, 6.45) is 1.88. The summed E-state index contributed by atoms with van der Waals surface area (Å²) in [4.78, 5) is 12.2. The maximum absolute atomic E-state index is 12.2. The van der Waals surface area contributed by atoms with Gasteiger partial charge in [-0.2, -0.15) is 4.68 Å².